The van der Waals surface area contributed by atoms with Crippen LogP contribution in [-0.4, -0.2) is 203 Å². The summed E-state index contributed by atoms with van der Waals surface area (Å²) in [5.41, 5.74) is 10.1. The van der Waals surface area contributed by atoms with Crippen molar-refractivity contribution in [3.05, 3.63) is 265 Å². The molecule has 12 aliphatic rings. The van der Waals surface area contributed by atoms with Crippen LogP contribution in [0.1, 0.15) is 220 Å². The van der Waals surface area contributed by atoms with Gasteiger partial charge in [0.2, 0.25) is 5.91 Å². The van der Waals surface area contributed by atoms with Gasteiger partial charge < -0.3 is 52.8 Å². The Kier molecular flexibility index (Phi) is 32.0. The lowest BCUT2D eigenvalue weighted by atomic mass is 9.62. The van der Waals surface area contributed by atoms with Gasteiger partial charge in [-0.1, -0.05) is 116 Å². The van der Waals surface area contributed by atoms with Crippen molar-refractivity contribution in [2.75, 3.05) is 122 Å². The Balaban J connectivity index is 0.000000145. The number of halogens is 3. The van der Waals surface area contributed by atoms with Crippen LogP contribution in [0.2, 0.25) is 15.1 Å². The molecule has 147 heavy (non-hydrogen) atoms. The van der Waals surface area contributed by atoms with Gasteiger partial charge in [-0.25, -0.2) is 12.6 Å². The van der Waals surface area contributed by atoms with Gasteiger partial charge in [-0.05, 0) is 344 Å². The van der Waals surface area contributed by atoms with Crippen molar-refractivity contribution in [2.24, 2.45) is 53.3 Å². The zero-order valence-electron chi connectivity index (χ0n) is 86.9. The van der Waals surface area contributed by atoms with Gasteiger partial charge in [-0.3, -0.25) is 38.3 Å². The number of pyridine rings is 1. The number of hydrogen-bond donors (Lipinski definition) is 3. The highest BCUT2D eigenvalue weighted by Gasteiger charge is 2.56. The van der Waals surface area contributed by atoms with Gasteiger partial charge >= 0.3 is 0 Å². The number of rotatable bonds is 10. The largest absolute Gasteiger partial charge is 0.490 e. The highest BCUT2D eigenvalue weighted by atomic mass is 35.5. The average molecular weight is 2120 g/mol. The van der Waals surface area contributed by atoms with Crippen LogP contribution in [0.25, 0.3) is 0 Å². The Morgan fingerprint density at radius 2 is 0.850 bits per heavy atom. The molecule has 3 unspecified atom stereocenters. The summed E-state index contributed by atoms with van der Waals surface area (Å²) in [6.45, 7) is 18.7. The predicted molar refractivity (Wildman–Crippen MR) is 592 cm³/mol. The number of amides is 4. The number of nitrogens with one attached hydrogen (secondary N) is 3. The van der Waals surface area contributed by atoms with E-state index in [-0.39, 0.29) is 92.3 Å². The van der Waals surface area contributed by atoms with Crippen LogP contribution in [-0.2, 0) is 99.6 Å². The molecule has 8 aromatic rings. The summed E-state index contributed by atoms with van der Waals surface area (Å²) in [4.78, 5) is 68.7. The van der Waals surface area contributed by atoms with Crippen LogP contribution in [0.3, 0.4) is 0 Å². The number of aryl methyl sites for hydroxylation is 3. The number of fused-ring (bicyclic) bond motifs is 12. The fourth-order valence-electron chi connectivity index (χ4n) is 25.7. The number of likely N-dealkylation sites (N-methyl/N-ethyl adjacent to an activating group) is 1. The topological polar surface area (TPSA) is 272 Å². The molecule has 6 aliphatic carbocycles. The van der Waals surface area contributed by atoms with Crippen molar-refractivity contribution in [3.8, 4) is 17.2 Å². The summed E-state index contributed by atoms with van der Waals surface area (Å²) in [5.74, 6) is 14.2. The minimum atomic E-state index is -3.01. The number of methoxy groups -OCH3 is 4. The second kappa shape index (κ2) is 43.9. The molecule has 20 rings (SSSR count). The first-order valence-corrected chi connectivity index (χ1v) is 59.0. The molecule has 6 aromatic carbocycles. The number of anilines is 3. The summed E-state index contributed by atoms with van der Waals surface area (Å²) in [7, 11) is -0.240. The molecule has 24 nitrogen and oxygen atoms in total. The van der Waals surface area contributed by atoms with Crippen LogP contribution < -0.4 is 43.1 Å². The predicted octanol–water partition coefficient (Wildman–Crippen LogP) is 19.7. The minimum Gasteiger partial charge on any atom is -0.490 e. The van der Waals surface area contributed by atoms with Gasteiger partial charge in [0.1, 0.15) is 28.5 Å². The number of benzene rings is 6. The first-order valence-electron chi connectivity index (χ1n) is 52.5. The van der Waals surface area contributed by atoms with E-state index in [1.807, 2.05) is 127 Å². The van der Waals surface area contributed by atoms with Gasteiger partial charge in [0.15, 0.2) is 0 Å². The van der Waals surface area contributed by atoms with Gasteiger partial charge in [0.25, 0.3) is 17.7 Å². The van der Waals surface area contributed by atoms with Crippen LogP contribution in [0.5, 0.6) is 17.2 Å². The maximum absolute atomic E-state index is 14.0. The van der Waals surface area contributed by atoms with Gasteiger partial charge in [-0.2, -0.15) is 10.2 Å². The third-order valence-corrected chi connectivity index (χ3v) is 42.8. The van der Waals surface area contributed by atoms with E-state index in [9.17, 15) is 31.8 Å². The number of nitrogens with zero attached hydrogens (tertiary/aromatic N) is 7. The van der Waals surface area contributed by atoms with E-state index < -0.39 is 63.0 Å². The molecule has 4 amide bonds. The molecule has 3 fully saturated rings. The lowest BCUT2D eigenvalue weighted by Gasteiger charge is -2.50. The number of ether oxygens (including phenoxy) is 7. The summed E-state index contributed by atoms with van der Waals surface area (Å²) in [5, 5.41) is 9.94. The Bertz CT molecular complexity index is 6420. The monoisotopic (exact) mass is 2110 g/mol. The van der Waals surface area contributed by atoms with Crippen molar-refractivity contribution >= 4 is 122 Å². The molecule has 2 aromatic heterocycles. The van der Waals surface area contributed by atoms with E-state index in [4.69, 9.17) is 72.9 Å². The number of allylic oxidation sites excluding steroid dienone is 3. The van der Waals surface area contributed by atoms with Crippen molar-refractivity contribution < 1.29 is 65.0 Å². The molecule has 3 spiro atoms. The first-order chi connectivity index (χ1) is 70.4. The van der Waals surface area contributed by atoms with E-state index in [1.54, 1.807) is 57.7 Å². The Hall–Kier alpha value is -9.78. The summed E-state index contributed by atoms with van der Waals surface area (Å²) < 4.78 is 95.0. The molecule has 6 aliphatic heterocycles. The highest BCUT2D eigenvalue weighted by molar-refractivity contribution is 8.00. The standard InChI is InChI=1S/C40H54ClN3O6S.C39H46ClN3O4S.C38H45ClN4O4S/c1-27-9-7-18-40(49-5,23-37(45)43(3)19-20-48-4)34-14-11-31(34)24-44-25-39(17-8-10-29-21-32(41)13-15-33(29)39)26-50-36-16-12-30(22-35(36)44)38(46)42-51(6,47)28(27)2;1-26-9-7-19-39(46-3,36-11-5-6-20-41-36)33-15-12-30(33)23-43-24-38(18-8-10-28-21-31(40)14-16-32(28)38)25-47-35-17-13-29(22-34(35)43)37(44)42-48(4,45)27(26)2;1-25-8-5-18-38(46-3,35-10-7-19-40-41-35)32-14-11-29(32)22-43-23-37(17-6-9-27-20-30(39)13-15-31(27)37)24-47-34-16-12-28(21-33(34)43)36(44)42-48(4,45)26(25)2/h7,12-13,15-16,18,21-22,27-28,31,34H,6,8-11,14,17,19-20,23-26H2,1-5H3,(H,42,46,47);5-7,11,13-14,16-17,19-22,26-27,30,33H,4,8-10,12,15,18,23-25H2,1-3H3,(H,42,44,45);5,7,10,12-13,15-16,18-21,25-26,29,32H,4,6,8-9,11,14,17,22-24H2,1-3H3,(H,42,44,45)/b18-7+;19-7+;18-5+/t27-,28+,31-,34+,39-,40+,51?;26-,27+,30-,33+,38-,39-,48?;25-,26+,29-,32+,37-,38-,48?/m000/s1. The zero-order valence-corrected chi connectivity index (χ0v) is 91.6. The SMILES string of the molecule is C=S1(=O)NC(=O)c2ccc3c(c2)N(C[C@@H]2CC[C@H]2[C@@](CC(=O)N(C)CCOC)(OC)/C=C/C[C@H](C)[C@H]1C)C[C@@]1(CCCc2cc(Cl)ccc21)CO3.C=S1(=O)NC(=O)c2ccc3c(c2)N(C[C@@H]2CC[C@H]2[C@](OC)(c2ccccn2)/C=C/C[C@H](C)[C@H]1C)C[C@@]1(CCCc2cc(Cl)ccc21)CO3.C=S1(=O)NC(=O)c2ccc3c(c2)N(C[C@@H]2CC[C@H]2[C@](OC)(c2cccnn2)/C=C/C[C@H](C)[C@H]1C)C[C@@]1(CCCc2cc(Cl)ccc21)CO3. The third-order valence-electron chi connectivity index (χ3n) is 35.5. The number of aromatic nitrogens is 3. The smallest absolute Gasteiger partial charge is 0.262 e. The lowest BCUT2D eigenvalue weighted by Crippen LogP contribution is -2.54. The molecule has 3 N–H and O–H groups in total. The maximum atomic E-state index is 14.0. The number of hydrogen-bond acceptors (Lipinski definition) is 20. The van der Waals surface area contributed by atoms with Gasteiger partial charge in [0, 0.05) is 169 Å². The molecular formula is C117H145Cl3N10O14S3. The van der Waals surface area contributed by atoms with E-state index in [2.05, 4.69) is 143 Å². The molecule has 8 heterocycles. The van der Waals surface area contributed by atoms with E-state index in [0.717, 1.165) is 178 Å². The maximum Gasteiger partial charge on any atom is 0.262 e. The second-order valence-electron chi connectivity index (χ2n) is 44.1. The highest BCUT2D eigenvalue weighted by Crippen LogP contribution is 2.57. The quantitative estimate of drug-likeness (QED) is 0.0848. The fourth-order valence-corrected chi connectivity index (χ4v) is 30.7. The molecule has 3 saturated carbocycles. The third kappa shape index (κ3) is 21.6. The molecule has 30 heteroatoms. The fraction of sp³-hybridized carbons (Fsp3) is 0.504. The van der Waals surface area contributed by atoms with Crippen molar-refractivity contribution in [1.29, 1.82) is 0 Å². The zero-order chi connectivity index (χ0) is 104. The molecule has 786 valence electrons. The number of carbonyl (C=O) groups is 4. The van der Waals surface area contributed by atoms with Crippen LogP contribution in [0, 0.1) is 53.3 Å². The first kappa shape index (κ1) is 107. The summed E-state index contributed by atoms with van der Waals surface area (Å²) >= 11 is 19.4. The minimum absolute atomic E-state index is 0.00176. The van der Waals surface area contributed by atoms with E-state index >= 15 is 0 Å². The normalized spacial score (nSPS) is 33.6. The second-order valence-corrected chi connectivity index (χ2v) is 52.6. The van der Waals surface area contributed by atoms with Crippen molar-refractivity contribution in [1.82, 2.24) is 34.2 Å². The molecule has 0 radical (unpaired) electrons. The van der Waals surface area contributed by atoms with Gasteiger partial charge in [-0.15, -0.1) is 0 Å². The molecule has 0 saturated heterocycles. The number of carbonyl (C=O) groups excluding carboxylic acids is 4. The molecule has 21 atom stereocenters. The van der Waals surface area contributed by atoms with Crippen LogP contribution in [0.15, 0.2) is 188 Å². The van der Waals surface area contributed by atoms with Crippen LogP contribution in [0.4, 0.5) is 17.1 Å². The van der Waals surface area contributed by atoms with E-state index in [0.29, 0.717) is 93.7 Å². The van der Waals surface area contributed by atoms with Gasteiger partial charge in [0.05, 0.1) is 96.0 Å². The van der Waals surface area contributed by atoms with Crippen LogP contribution >= 0.6 is 34.8 Å². The van der Waals surface area contributed by atoms with Crippen molar-refractivity contribution in [2.45, 2.75) is 212 Å². The Labute approximate surface area is 885 Å². The summed E-state index contributed by atoms with van der Waals surface area (Å²) in [6.07, 6.45) is 33.4. The molecular weight excluding hydrogens is 1970 g/mol. The van der Waals surface area contributed by atoms with E-state index in [1.165, 1.54) is 33.4 Å². The Morgan fingerprint density at radius 1 is 0.469 bits per heavy atom. The lowest BCUT2D eigenvalue weighted by molar-refractivity contribution is -0.142. The van der Waals surface area contributed by atoms with Crippen molar-refractivity contribution in [3.63, 3.8) is 0 Å². The average Bonchev–Trinajstić information content (AvgIpc) is 1.72. The Morgan fingerprint density at radius 3 is 1.20 bits per heavy atom. The molecule has 6 bridgehead atoms. The summed E-state index contributed by atoms with van der Waals surface area (Å²) in [6, 6.07) is 45.4.